The van der Waals surface area contributed by atoms with E-state index in [-0.39, 0.29) is 11.9 Å². The lowest BCUT2D eigenvalue weighted by molar-refractivity contribution is 0.0936. The van der Waals surface area contributed by atoms with Crippen molar-refractivity contribution in [1.82, 2.24) is 15.1 Å². The molecule has 2 aromatic rings. The summed E-state index contributed by atoms with van der Waals surface area (Å²) in [6.07, 6.45) is 2.12. The van der Waals surface area contributed by atoms with Crippen LogP contribution in [0.1, 0.15) is 60.9 Å². The Bertz CT molecular complexity index is 674. The molecular weight excluding hydrogens is 298 g/mol. The number of hydrogen-bond donors (Lipinski definition) is 1. The van der Waals surface area contributed by atoms with Gasteiger partial charge in [0.1, 0.15) is 0 Å². The Hall–Kier alpha value is -2.10. The molecule has 24 heavy (non-hydrogen) atoms. The van der Waals surface area contributed by atoms with Crippen LogP contribution in [-0.2, 0) is 6.54 Å². The minimum Gasteiger partial charge on any atom is -0.349 e. The number of amides is 1. The fraction of sp³-hybridized carbons (Fsp3) is 0.500. The Morgan fingerprint density at radius 1 is 1.12 bits per heavy atom. The Kier molecular flexibility index (Phi) is 6.18. The maximum absolute atomic E-state index is 12.6. The van der Waals surface area contributed by atoms with E-state index in [1.807, 2.05) is 36.7 Å². The smallest absolute Gasteiger partial charge is 0.255 e. The first-order chi connectivity index (χ1) is 11.4. The molecule has 1 aromatic carbocycles. The van der Waals surface area contributed by atoms with E-state index >= 15 is 0 Å². The average molecular weight is 327 g/mol. The monoisotopic (exact) mass is 327 g/mol. The molecular formula is C20H29N3O. The van der Waals surface area contributed by atoms with Crippen LogP contribution in [-0.4, -0.2) is 21.7 Å². The summed E-state index contributed by atoms with van der Waals surface area (Å²) in [7, 11) is 0. The summed E-state index contributed by atoms with van der Waals surface area (Å²) in [5.74, 6) is 0.641. The van der Waals surface area contributed by atoms with Crippen molar-refractivity contribution in [1.29, 1.82) is 0 Å². The molecule has 1 N–H and O–H groups in total. The van der Waals surface area contributed by atoms with Gasteiger partial charge in [-0.15, -0.1) is 0 Å². The molecule has 4 heteroatoms. The number of hydrogen-bond acceptors (Lipinski definition) is 2. The number of nitrogens with zero attached hydrogens (tertiary/aromatic N) is 2. The molecule has 2 rings (SSSR count). The lowest BCUT2D eigenvalue weighted by Gasteiger charge is -2.15. The molecule has 0 saturated heterocycles. The molecule has 0 radical (unpaired) electrons. The molecule has 1 amide bonds. The standard InChI is InChI=1S/C20H29N3O/c1-14(2)11-12-15(3)21-20(24)19-16(4)22-23(17(19)5)13-18-9-7-6-8-10-18/h6-10,14-15H,11-13H2,1-5H3,(H,21,24). The van der Waals surface area contributed by atoms with Gasteiger partial charge >= 0.3 is 0 Å². The van der Waals surface area contributed by atoms with Crippen LogP contribution in [0.4, 0.5) is 0 Å². The highest BCUT2D eigenvalue weighted by Gasteiger charge is 2.20. The second-order valence-corrected chi connectivity index (χ2v) is 7.03. The maximum atomic E-state index is 12.6. The van der Waals surface area contributed by atoms with E-state index < -0.39 is 0 Å². The maximum Gasteiger partial charge on any atom is 0.255 e. The predicted molar refractivity (Wildman–Crippen MR) is 98.2 cm³/mol. The summed E-state index contributed by atoms with van der Waals surface area (Å²) in [5.41, 5.74) is 3.60. The summed E-state index contributed by atoms with van der Waals surface area (Å²) in [6, 6.07) is 10.4. The van der Waals surface area contributed by atoms with Crippen molar-refractivity contribution in [3.8, 4) is 0 Å². The van der Waals surface area contributed by atoms with Crippen LogP contribution in [0, 0.1) is 19.8 Å². The minimum absolute atomic E-state index is 0.0134. The third-order valence-corrected chi connectivity index (χ3v) is 4.34. The number of carbonyl (C=O) groups excluding carboxylic acids is 1. The molecule has 4 nitrogen and oxygen atoms in total. The fourth-order valence-corrected chi connectivity index (χ4v) is 2.89. The molecule has 1 unspecified atom stereocenters. The van der Waals surface area contributed by atoms with Gasteiger partial charge < -0.3 is 5.32 Å². The quantitative estimate of drug-likeness (QED) is 0.832. The van der Waals surface area contributed by atoms with Gasteiger partial charge in [0, 0.05) is 11.7 Å². The molecule has 130 valence electrons. The Balaban J connectivity index is 2.09. The van der Waals surface area contributed by atoms with Crippen LogP contribution in [0.15, 0.2) is 30.3 Å². The average Bonchev–Trinajstić information content (AvgIpc) is 2.80. The van der Waals surface area contributed by atoms with Gasteiger partial charge in [0.05, 0.1) is 17.8 Å². The summed E-state index contributed by atoms with van der Waals surface area (Å²) >= 11 is 0. The number of aryl methyl sites for hydroxylation is 1. The van der Waals surface area contributed by atoms with Crippen LogP contribution < -0.4 is 5.32 Å². The van der Waals surface area contributed by atoms with E-state index in [2.05, 4.69) is 43.3 Å². The molecule has 1 atom stereocenters. The van der Waals surface area contributed by atoms with Crippen molar-refractivity contribution in [2.24, 2.45) is 5.92 Å². The van der Waals surface area contributed by atoms with Crippen LogP contribution in [0.2, 0.25) is 0 Å². The Morgan fingerprint density at radius 2 is 1.79 bits per heavy atom. The SMILES string of the molecule is Cc1nn(Cc2ccccc2)c(C)c1C(=O)NC(C)CCC(C)C. The predicted octanol–water partition coefficient (Wildman–Crippen LogP) is 4.10. The Morgan fingerprint density at radius 3 is 2.42 bits per heavy atom. The highest BCUT2D eigenvalue weighted by molar-refractivity contribution is 5.96. The number of carbonyl (C=O) groups is 1. The van der Waals surface area contributed by atoms with Gasteiger partial charge in [-0.3, -0.25) is 9.48 Å². The van der Waals surface area contributed by atoms with Gasteiger partial charge in [0.2, 0.25) is 0 Å². The topological polar surface area (TPSA) is 46.9 Å². The van der Waals surface area contributed by atoms with E-state index in [0.717, 1.165) is 24.2 Å². The van der Waals surface area contributed by atoms with Crippen molar-refractivity contribution >= 4 is 5.91 Å². The number of nitrogens with one attached hydrogen (secondary N) is 1. The number of benzene rings is 1. The second kappa shape index (κ2) is 8.13. The molecule has 0 spiro atoms. The van der Waals surface area contributed by atoms with Crippen molar-refractivity contribution in [2.45, 2.75) is 60.0 Å². The van der Waals surface area contributed by atoms with Crippen molar-refractivity contribution < 1.29 is 4.79 Å². The lowest BCUT2D eigenvalue weighted by Crippen LogP contribution is -2.33. The van der Waals surface area contributed by atoms with E-state index in [9.17, 15) is 4.79 Å². The zero-order chi connectivity index (χ0) is 17.7. The first-order valence-electron chi connectivity index (χ1n) is 8.77. The van der Waals surface area contributed by atoms with E-state index in [1.54, 1.807) is 0 Å². The van der Waals surface area contributed by atoms with Crippen LogP contribution in [0.5, 0.6) is 0 Å². The molecule has 1 heterocycles. The summed E-state index contributed by atoms with van der Waals surface area (Å²) in [6.45, 7) is 11.0. The van der Waals surface area contributed by atoms with E-state index in [0.29, 0.717) is 18.0 Å². The number of rotatable bonds is 7. The Labute approximate surface area is 145 Å². The van der Waals surface area contributed by atoms with E-state index in [4.69, 9.17) is 0 Å². The van der Waals surface area contributed by atoms with Crippen molar-refractivity contribution in [3.05, 3.63) is 52.8 Å². The summed E-state index contributed by atoms with van der Waals surface area (Å²) in [5, 5.41) is 7.68. The first-order valence-corrected chi connectivity index (χ1v) is 8.77. The van der Waals surface area contributed by atoms with Gasteiger partial charge in [0.25, 0.3) is 5.91 Å². The van der Waals surface area contributed by atoms with Crippen molar-refractivity contribution in [2.75, 3.05) is 0 Å². The third-order valence-electron chi connectivity index (χ3n) is 4.34. The highest BCUT2D eigenvalue weighted by atomic mass is 16.1. The van der Waals surface area contributed by atoms with Gasteiger partial charge in [-0.25, -0.2) is 0 Å². The lowest BCUT2D eigenvalue weighted by atomic mass is 10.0. The second-order valence-electron chi connectivity index (χ2n) is 7.03. The van der Waals surface area contributed by atoms with Gasteiger partial charge in [-0.1, -0.05) is 44.2 Å². The molecule has 0 aliphatic carbocycles. The fourth-order valence-electron chi connectivity index (χ4n) is 2.89. The normalized spacial score (nSPS) is 12.4. The molecule has 0 bridgehead atoms. The summed E-state index contributed by atoms with van der Waals surface area (Å²) < 4.78 is 1.92. The first kappa shape index (κ1) is 18.2. The minimum atomic E-state index is -0.0134. The molecule has 0 fully saturated rings. The van der Waals surface area contributed by atoms with Crippen LogP contribution >= 0.6 is 0 Å². The molecule has 0 aliphatic rings. The third kappa shape index (κ3) is 4.70. The van der Waals surface area contributed by atoms with Crippen LogP contribution in [0.25, 0.3) is 0 Å². The van der Waals surface area contributed by atoms with Crippen LogP contribution in [0.3, 0.4) is 0 Å². The van der Waals surface area contributed by atoms with E-state index in [1.165, 1.54) is 5.56 Å². The van der Waals surface area contributed by atoms with Gasteiger partial charge in [0.15, 0.2) is 0 Å². The summed E-state index contributed by atoms with van der Waals surface area (Å²) in [4.78, 5) is 12.6. The van der Waals surface area contributed by atoms with Gasteiger partial charge in [-0.05, 0) is 45.1 Å². The molecule has 0 aliphatic heterocycles. The largest absolute Gasteiger partial charge is 0.349 e. The zero-order valence-corrected chi connectivity index (χ0v) is 15.5. The van der Waals surface area contributed by atoms with Gasteiger partial charge in [-0.2, -0.15) is 5.10 Å². The number of aromatic nitrogens is 2. The highest BCUT2D eigenvalue weighted by Crippen LogP contribution is 2.16. The molecule has 1 aromatic heterocycles. The zero-order valence-electron chi connectivity index (χ0n) is 15.5. The van der Waals surface area contributed by atoms with Crippen molar-refractivity contribution in [3.63, 3.8) is 0 Å². The molecule has 0 saturated carbocycles.